The van der Waals surface area contributed by atoms with Gasteiger partial charge in [0.1, 0.15) is 5.82 Å². The Balaban J connectivity index is 2.92. The van der Waals surface area contributed by atoms with Crippen LogP contribution in [0.25, 0.3) is 0 Å². The van der Waals surface area contributed by atoms with Gasteiger partial charge in [0.2, 0.25) is 0 Å². The van der Waals surface area contributed by atoms with Gasteiger partial charge in [0.15, 0.2) is 0 Å². The van der Waals surface area contributed by atoms with Gasteiger partial charge in [-0.15, -0.1) is 0 Å². The van der Waals surface area contributed by atoms with Gasteiger partial charge in [0.25, 0.3) is 0 Å². The van der Waals surface area contributed by atoms with Gasteiger partial charge in [-0.25, -0.2) is 4.98 Å². The Morgan fingerprint density at radius 3 is 2.38 bits per heavy atom. The molecule has 0 bridgehead atoms. The first kappa shape index (κ1) is 10.3. The summed E-state index contributed by atoms with van der Waals surface area (Å²) in [5.41, 5.74) is 8.30. The number of hydrogen-bond donors (Lipinski definition) is 2. The molecule has 1 rings (SSSR count). The maximum atomic E-state index is 5.89. The lowest BCUT2D eigenvalue weighted by atomic mass is 10.2. The minimum Gasteiger partial charge on any atom is -0.344 e. The molecule has 0 spiro atoms. The average Bonchev–Trinajstić information content (AvgIpc) is 2.59. The van der Waals surface area contributed by atoms with Crippen molar-refractivity contribution in [3.05, 3.63) is 17.2 Å². The van der Waals surface area contributed by atoms with E-state index in [0.717, 1.165) is 25.1 Å². The monoisotopic (exact) mass is 181 g/mol. The van der Waals surface area contributed by atoms with Crippen LogP contribution < -0.4 is 5.73 Å². The maximum Gasteiger partial charge on any atom is 0.123 e. The molecule has 0 saturated carbocycles. The molecule has 0 aromatic carbocycles. The van der Waals surface area contributed by atoms with E-state index in [-0.39, 0.29) is 6.04 Å². The average molecular weight is 181 g/mol. The highest BCUT2D eigenvalue weighted by atomic mass is 15.0. The molecule has 0 aliphatic heterocycles. The lowest BCUT2D eigenvalue weighted by Crippen LogP contribution is -2.10. The summed E-state index contributed by atoms with van der Waals surface area (Å²) in [6.07, 6.45) is 2.92. The van der Waals surface area contributed by atoms with Crippen LogP contribution in [0.15, 0.2) is 0 Å². The van der Waals surface area contributed by atoms with Crippen molar-refractivity contribution in [1.29, 1.82) is 0 Å². The number of aromatic amines is 1. The molecule has 1 aromatic rings. The van der Waals surface area contributed by atoms with Crippen LogP contribution in [-0.2, 0) is 12.8 Å². The third kappa shape index (κ3) is 2.10. The standard InChI is InChI=1S/C10H19N3/c1-4-7(11)10-12-8(5-2)9(6-3)13-10/h7H,4-6,11H2,1-3H3,(H,12,13)/t7-/m1/s1. The zero-order valence-corrected chi connectivity index (χ0v) is 8.72. The summed E-state index contributed by atoms with van der Waals surface area (Å²) in [5.74, 6) is 0.941. The lowest BCUT2D eigenvalue weighted by Gasteiger charge is -2.02. The van der Waals surface area contributed by atoms with E-state index in [4.69, 9.17) is 5.73 Å². The molecule has 1 aromatic heterocycles. The predicted octanol–water partition coefficient (Wildman–Crippen LogP) is 1.94. The summed E-state index contributed by atoms with van der Waals surface area (Å²) >= 11 is 0. The second kappa shape index (κ2) is 4.42. The van der Waals surface area contributed by atoms with Gasteiger partial charge in [-0.05, 0) is 19.3 Å². The van der Waals surface area contributed by atoms with Crippen molar-refractivity contribution in [2.24, 2.45) is 5.73 Å². The van der Waals surface area contributed by atoms with Gasteiger partial charge in [-0.2, -0.15) is 0 Å². The molecule has 0 amide bonds. The highest BCUT2D eigenvalue weighted by Gasteiger charge is 2.11. The van der Waals surface area contributed by atoms with Gasteiger partial charge in [0.05, 0.1) is 11.7 Å². The summed E-state index contributed by atoms with van der Waals surface area (Å²) < 4.78 is 0. The van der Waals surface area contributed by atoms with Crippen molar-refractivity contribution < 1.29 is 0 Å². The fourth-order valence-electron chi connectivity index (χ4n) is 1.42. The summed E-state index contributed by atoms with van der Waals surface area (Å²) in [4.78, 5) is 7.79. The van der Waals surface area contributed by atoms with E-state index < -0.39 is 0 Å². The van der Waals surface area contributed by atoms with E-state index in [1.165, 1.54) is 11.4 Å². The summed E-state index contributed by atoms with van der Waals surface area (Å²) in [7, 11) is 0. The topological polar surface area (TPSA) is 54.7 Å². The summed E-state index contributed by atoms with van der Waals surface area (Å²) in [5, 5.41) is 0. The van der Waals surface area contributed by atoms with E-state index in [1.807, 2.05) is 0 Å². The first-order chi connectivity index (χ1) is 6.22. The number of nitrogens with one attached hydrogen (secondary N) is 1. The Bertz CT molecular complexity index is 244. The molecule has 0 aliphatic carbocycles. The maximum absolute atomic E-state index is 5.89. The van der Waals surface area contributed by atoms with Crippen molar-refractivity contribution >= 4 is 0 Å². The van der Waals surface area contributed by atoms with E-state index in [0.29, 0.717) is 0 Å². The van der Waals surface area contributed by atoms with Crippen LogP contribution in [0.1, 0.15) is 50.4 Å². The molecule has 1 atom stereocenters. The third-order valence-electron chi connectivity index (χ3n) is 2.36. The quantitative estimate of drug-likeness (QED) is 0.746. The Kier molecular flexibility index (Phi) is 3.48. The molecular weight excluding hydrogens is 162 g/mol. The van der Waals surface area contributed by atoms with Gasteiger partial charge >= 0.3 is 0 Å². The van der Waals surface area contributed by atoms with Crippen LogP contribution in [0.4, 0.5) is 0 Å². The van der Waals surface area contributed by atoms with Crippen LogP contribution in [0.2, 0.25) is 0 Å². The first-order valence-electron chi connectivity index (χ1n) is 5.06. The largest absolute Gasteiger partial charge is 0.344 e. The molecule has 74 valence electrons. The smallest absolute Gasteiger partial charge is 0.123 e. The molecule has 0 unspecified atom stereocenters. The number of aromatic nitrogens is 2. The number of H-pyrrole nitrogens is 1. The van der Waals surface area contributed by atoms with Crippen molar-refractivity contribution in [2.75, 3.05) is 0 Å². The second-order valence-electron chi connectivity index (χ2n) is 3.27. The minimum absolute atomic E-state index is 0.0607. The summed E-state index contributed by atoms with van der Waals surface area (Å²) in [6.45, 7) is 6.33. The van der Waals surface area contributed by atoms with Crippen LogP contribution in [0, 0.1) is 0 Å². The molecule has 1 heterocycles. The Labute approximate surface area is 79.8 Å². The van der Waals surface area contributed by atoms with Gasteiger partial charge in [-0.3, -0.25) is 0 Å². The first-order valence-corrected chi connectivity index (χ1v) is 5.06. The van der Waals surface area contributed by atoms with Crippen molar-refractivity contribution in [3.8, 4) is 0 Å². The highest BCUT2D eigenvalue weighted by molar-refractivity contribution is 5.16. The minimum atomic E-state index is 0.0607. The number of hydrogen-bond acceptors (Lipinski definition) is 2. The second-order valence-corrected chi connectivity index (χ2v) is 3.27. The molecule has 3 N–H and O–H groups in total. The fraction of sp³-hybridized carbons (Fsp3) is 0.700. The number of rotatable bonds is 4. The van der Waals surface area contributed by atoms with Crippen LogP contribution in [0.3, 0.4) is 0 Å². The number of aryl methyl sites for hydroxylation is 2. The molecule has 0 saturated heterocycles. The van der Waals surface area contributed by atoms with Crippen molar-refractivity contribution in [3.63, 3.8) is 0 Å². The Hall–Kier alpha value is -0.830. The highest BCUT2D eigenvalue weighted by Crippen LogP contribution is 2.14. The fourth-order valence-corrected chi connectivity index (χ4v) is 1.42. The van der Waals surface area contributed by atoms with E-state index >= 15 is 0 Å². The van der Waals surface area contributed by atoms with Gasteiger partial charge in [-0.1, -0.05) is 20.8 Å². The van der Waals surface area contributed by atoms with E-state index in [1.54, 1.807) is 0 Å². The number of imidazole rings is 1. The van der Waals surface area contributed by atoms with Crippen LogP contribution in [-0.4, -0.2) is 9.97 Å². The predicted molar refractivity (Wildman–Crippen MR) is 54.6 cm³/mol. The molecule has 3 nitrogen and oxygen atoms in total. The van der Waals surface area contributed by atoms with E-state index in [9.17, 15) is 0 Å². The summed E-state index contributed by atoms with van der Waals surface area (Å²) in [6, 6.07) is 0.0607. The van der Waals surface area contributed by atoms with Gasteiger partial charge < -0.3 is 10.7 Å². The molecule has 3 heteroatoms. The normalized spacial score (nSPS) is 13.2. The van der Waals surface area contributed by atoms with E-state index in [2.05, 4.69) is 30.7 Å². The number of nitrogens with two attached hydrogens (primary N) is 1. The zero-order valence-electron chi connectivity index (χ0n) is 8.72. The Morgan fingerprint density at radius 2 is 2.00 bits per heavy atom. The van der Waals surface area contributed by atoms with Crippen molar-refractivity contribution in [1.82, 2.24) is 9.97 Å². The Morgan fingerprint density at radius 1 is 1.31 bits per heavy atom. The molecular formula is C10H19N3. The SMILES string of the molecule is CCc1nc([C@H](N)CC)[nH]c1CC. The molecule has 13 heavy (non-hydrogen) atoms. The zero-order chi connectivity index (χ0) is 9.84. The van der Waals surface area contributed by atoms with Gasteiger partial charge in [0, 0.05) is 5.69 Å². The molecule has 0 fully saturated rings. The van der Waals surface area contributed by atoms with Crippen molar-refractivity contribution in [2.45, 2.75) is 46.1 Å². The molecule has 0 radical (unpaired) electrons. The number of nitrogens with zero attached hydrogens (tertiary/aromatic N) is 1. The third-order valence-corrected chi connectivity index (χ3v) is 2.36. The van der Waals surface area contributed by atoms with Crippen LogP contribution in [0.5, 0.6) is 0 Å². The lowest BCUT2D eigenvalue weighted by molar-refractivity contribution is 0.655. The molecule has 0 aliphatic rings. The van der Waals surface area contributed by atoms with Crippen LogP contribution >= 0.6 is 0 Å².